The van der Waals surface area contributed by atoms with Gasteiger partial charge < -0.3 is 10.2 Å². The van der Waals surface area contributed by atoms with Gasteiger partial charge >= 0.3 is 8.01 Å². The zero-order chi connectivity index (χ0) is 32.1. The lowest BCUT2D eigenvalue weighted by molar-refractivity contribution is 1.31. The van der Waals surface area contributed by atoms with Gasteiger partial charge in [-0.25, -0.2) is 0 Å². The smallest absolute Gasteiger partial charge is 0.332 e. The number of rotatable bonds is 10. The molecule has 3 atom stereocenters. The van der Waals surface area contributed by atoms with Crippen molar-refractivity contribution in [1.29, 1.82) is 0 Å². The van der Waals surface area contributed by atoms with Crippen molar-refractivity contribution >= 4 is 39.8 Å². The van der Waals surface area contributed by atoms with E-state index in [2.05, 4.69) is 171 Å². The van der Waals surface area contributed by atoms with Gasteiger partial charge in [0.2, 0.25) is 14.7 Å². The number of nitrogens with one attached hydrogen (secondary N) is 3. The van der Waals surface area contributed by atoms with Gasteiger partial charge in [0.1, 0.15) is 0 Å². The summed E-state index contributed by atoms with van der Waals surface area (Å²) in [6.07, 6.45) is 1.38. The Balaban J connectivity index is 1.58. The molecule has 0 radical (unpaired) electrons. The van der Waals surface area contributed by atoms with Crippen molar-refractivity contribution in [3.63, 3.8) is 0 Å². The van der Waals surface area contributed by atoms with E-state index >= 15 is 0 Å². The van der Waals surface area contributed by atoms with E-state index in [4.69, 9.17) is 13.5 Å². The van der Waals surface area contributed by atoms with Gasteiger partial charge in [0, 0.05) is 32.7 Å². The van der Waals surface area contributed by atoms with Crippen LogP contribution in [0, 0.1) is 34.6 Å². The van der Waals surface area contributed by atoms with Crippen molar-refractivity contribution < 1.29 is 0 Å². The first-order valence-corrected chi connectivity index (χ1v) is 20.6. The van der Waals surface area contributed by atoms with E-state index < -0.39 is 22.7 Å². The third-order valence-electron chi connectivity index (χ3n) is 7.81. The summed E-state index contributed by atoms with van der Waals surface area (Å²) >= 11 is 0. The van der Waals surface area contributed by atoms with Crippen LogP contribution >= 0.6 is 22.7 Å². The lowest BCUT2D eigenvalue weighted by Gasteiger charge is -2.29. The Morgan fingerprint density at radius 2 is 0.804 bits per heavy atom. The molecule has 3 unspecified atom stereocenters. The number of benzene rings is 5. The number of aryl methyl sites for hydroxylation is 5. The van der Waals surface area contributed by atoms with Gasteiger partial charge in [-0.2, -0.15) is 9.60 Å². The SMILES string of the molecule is Cc1ccc(CP2(Nc3ccc(C)cc3)=N[P+](Nc3ccc(C)cc3)=NP(Cc3ccc(C)cc3)(Nc3ccc(C)cc3)=N2)cc1. The first kappa shape index (κ1) is 32.0. The highest BCUT2D eigenvalue weighted by Crippen LogP contribution is 2.74. The van der Waals surface area contributed by atoms with Gasteiger partial charge in [-0.1, -0.05) is 113 Å². The topological polar surface area (TPSA) is 73.2 Å². The molecule has 0 saturated heterocycles. The van der Waals surface area contributed by atoms with E-state index in [1.165, 1.54) is 38.9 Å². The van der Waals surface area contributed by atoms with Gasteiger partial charge in [0.05, 0.1) is 5.69 Å². The van der Waals surface area contributed by atoms with Crippen molar-refractivity contribution in [2.75, 3.05) is 15.3 Å². The van der Waals surface area contributed by atoms with Crippen LogP contribution in [0.25, 0.3) is 0 Å². The molecule has 234 valence electrons. The summed E-state index contributed by atoms with van der Waals surface area (Å²) in [7, 11) is -6.61. The van der Waals surface area contributed by atoms with Crippen LogP contribution in [-0.2, 0) is 12.3 Å². The second-order valence-electron chi connectivity index (χ2n) is 12.2. The van der Waals surface area contributed by atoms with E-state index in [0.29, 0.717) is 12.3 Å². The molecule has 3 N–H and O–H groups in total. The molecule has 5 aromatic carbocycles. The van der Waals surface area contributed by atoms with Gasteiger partial charge in [-0.15, -0.1) is 0 Å². The van der Waals surface area contributed by atoms with Crippen LogP contribution in [0.15, 0.2) is 135 Å². The summed E-state index contributed by atoms with van der Waals surface area (Å²) in [6.45, 7) is 10.6. The molecule has 9 heteroatoms. The van der Waals surface area contributed by atoms with Crippen LogP contribution in [0.2, 0.25) is 0 Å². The Morgan fingerprint density at radius 3 is 1.24 bits per heavy atom. The molecule has 6 rings (SSSR count). The maximum absolute atomic E-state index is 5.86. The summed E-state index contributed by atoms with van der Waals surface area (Å²) in [5.41, 5.74) is 11.6. The number of anilines is 3. The minimum atomic E-state index is -2.62. The second kappa shape index (κ2) is 13.8. The lowest BCUT2D eigenvalue weighted by atomic mass is 10.2. The van der Waals surface area contributed by atoms with E-state index in [1.807, 2.05) is 0 Å². The summed E-state index contributed by atoms with van der Waals surface area (Å²) < 4.78 is 17.0. The third-order valence-corrected chi connectivity index (χ3v) is 17.2. The van der Waals surface area contributed by atoms with Gasteiger partial charge in [0.15, 0.2) is 0 Å². The molecular formula is C37H42N6P3+. The number of hydrogen-bond donors (Lipinski definition) is 3. The van der Waals surface area contributed by atoms with Crippen molar-refractivity contribution in [3.8, 4) is 0 Å². The van der Waals surface area contributed by atoms with Crippen molar-refractivity contribution in [2.45, 2.75) is 46.9 Å². The highest BCUT2D eigenvalue weighted by Gasteiger charge is 2.40. The van der Waals surface area contributed by atoms with Crippen LogP contribution in [-0.4, -0.2) is 0 Å². The zero-order valence-electron chi connectivity index (χ0n) is 27.1. The van der Waals surface area contributed by atoms with Crippen LogP contribution in [0.5, 0.6) is 0 Å². The first-order valence-electron chi connectivity index (χ1n) is 15.6. The molecule has 0 spiro atoms. The molecule has 5 aromatic rings. The maximum Gasteiger partial charge on any atom is 0.488 e. The monoisotopic (exact) mass is 663 g/mol. The maximum atomic E-state index is 5.86. The largest absolute Gasteiger partial charge is 0.488 e. The fourth-order valence-electron chi connectivity index (χ4n) is 5.23. The van der Waals surface area contributed by atoms with Crippen molar-refractivity contribution in [3.05, 3.63) is 160 Å². The van der Waals surface area contributed by atoms with E-state index in [-0.39, 0.29) is 0 Å². The molecule has 0 saturated carbocycles. The Labute approximate surface area is 275 Å². The zero-order valence-corrected chi connectivity index (χ0v) is 29.8. The molecule has 1 aliphatic heterocycles. The summed E-state index contributed by atoms with van der Waals surface area (Å²) in [5, 5.41) is 11.6. The molecule has 0 aliphatic carbocycles. The van der Waals surface area contributed by atoms with Crippen LogP contribution in [0.1, 0.15) is 38.9 Å². The Hall–Kier alpha value is -3.94. The van der Waals surface area contributed by atoms with Crippen molar-refractivity contribution in [2.24, 2.45) is 13.5 Å². The van der Waals surface area contributed by atoms with Gasteiger partial charge in [0.25, 0.3) is 0 Å². The third kappa shape index (κ3) is 8.25. The normalized spacial score (nSPS) is 19.7. The highest BCUT2D eigenvalue weighted by molar-refractivity contribution is 7.83. The molecule has 46 heavy (non-hydrogen) atoms. The number of hydrogen-bond acceptors (Lipinski definition) is 6. The van der Waals surface area contributed by atoms with Gasteiger partial charge in [-0.05, 0) is 82.1 Å². The van der Waals surface area contributed by atoms with Crippen LogP contribution in [0.4, 0.5) is 17.1 Å². The molecule has 0 aromatic heterocycles. The quantitative estimate of drug-likeness (QED) is 0.130. The van der Waals surface area contributed by atoms with Crippen LogP contribution in [0.3, 0.4) is 0 Å². The Morgan fingerprint density at radius 1 is 0.457 bits per heavy atom. The first-order chi connectivity index (χ1) is 22.1. The summed E-state index contributed by atoms with van der Waals surface area (Å²) in [6, 6.07) is 43.2. The van der Waals surface area contributed by atoms with Crippen molar-refractivity contribution in [1.82, 2.24) is 0 Å². The number of nitrogens with zero attached hydrogens (tertiary/aromatic N) is 3. The summed E-state index contributed by atoms with van der Waals surface area (Å²) in [4.78, 5) is 0. The average molecular weight is 664 g/mol. The predicted molar refractivity (Wildman–Crippen MR) is 202 cm³/mol. The standard InChI is InChI=1S/C37H42N6P3/c1-28-6-16-33(17-7-28)26-45(39-36-22-12-31(4)13-23-36)41-44(38-35-20-10-30(3)11-21-35)42-46(43-45,27-34-18-8-29(2)9-19-34)40-37-24-14-32(5)15-25-37/h6-25,39-40H,26-27H2,1-5H3,(H,38,41)/q+1. The molecule has 0 amide bonds. The predicted octanol–water partition coefficient (Wildman–Crippen LogP) is 12.8. The molecule has 0 bridgehead atoms. The fourth-order valence-corrected chi connectivity index (χ4v) is 16.0. The van der Waals surface area contributed by atoms with Crippen LogP contribution < -0.4 is 15.3 Å². The minimum Gasteiger partial charge on any atom is -0.332 e. The molecule has 1 aliphatic rings. The molecular weight excluding hydrogens is 621 g/mol. The van der Waals surface area contributed by atoms with E-state index in [9.17, 15) is 0 Å². The second-order valence-corrected chi connectivity index (χ2v) is 19.2. The van der Waals surface area contributed by atoms with E-state index in [0.717, 1.165) is 17.1 Å². The minimum absolute atomic E-state index is 0.691. The Kier molecular flexibility index (Phi) is 9.62. The highest BCUT2D eigenvalue weighted by atomic mass is 31.2. The fraction of sp³-hybridized carbons (Fsp3) is 0.189. The average Bonchev–Trinajstić information content (AvgIpc) is 3.03. The summed E-state index contributed by atoms with van der Waals surface area (Å²) in [5.74, 6) is 0. The molecule has 1 heterocycles. The lowest BCUT2D eigenvalue weighted by Crippen LogP contribution is -2.06. The molecule has 0 fully saturated rings. The Bertz CT molecular complexity index is 1750. The van der Waals surface area contributed by atoms with E-state index in [1.54, 1.807) is 0 Å². The van der Waals surface area contributed by atoms with Gasteiger partial charge in [-0.3, -0.25) is 0 Å². The molecule has 6 nitrogen and oxygen atoms in total.